The molecule has 1 atom stereocenters. The Hall–Kier alpha value is -2.26. The Morgan fingerprint density at radius 2 is 1.83 bits per heavy atom. The second-order valence-electron chi connectivity index (χ2n) is 5.92. The molecule has 0 bridgehead atoms. The summed E-state index contributed by atoms with van der Waals surface area (Å²) in [5, 5.41) is 25.0. The van der Waals surface area contributed by atoms with Crippen molar-refractivity contribution in [2.75, 3.05) is 44.6 Å². The van der Waals surface area contributed by atoms with Gasteiger partial charge in [0.05, 0.1) is 15.9 Å². The third-order valence-corrected chi connectivity index (χ3v) is 4.45. The van der Waals surface area contributed by atoms with Gasteiger partial charge < -0.3 is 10.2 Å². The Kier molecular flexibility index (Phi) is 6.04. The monoisotopic (exact) mass is 337 g/mol. The summed E-state index contributed by atoms with van der Waals surface area (Å²) >= 11 is 0. The minimum Gasteiger partial charge on any atom is -0.378 e. The molecule has 0 aliphatic carbocycles. The molecular formula is C15H23N5O4. The molecule has 0 aromatic heterocycles. The fourth-order valence-electron chi connectivity index (χ4n) is 2.84. The molecule has 1 fully saturated rings. The number of likely N-dealkylation sites (N-methyl/N-ethyl adjacent to an activating group) is 1. The van der Waals surface area contributed by atoms with Crippen molar-refractivity contribution < 1.29 is 9.85 Å². The number of nitro groups is 2. The van der Waals surface area contributed by atoms with Crippen molar-refractivity contribution >= 4 is 17.1 Å². The molecule has 0 radical (unpaired) electrons. The van der Waals surface area contributed by atoms with Gasteiger partial charge in [-0.25, -0.2) is 0 Å². The molecule has 1 N–H and O–H groups in total. The summed E-state index contributed by atoms with van der Waals surface area (Å²) in [6.07, 6.45) is 0. The third kappa shape index (κ3) is 4.39. The number of anilines is 1. The van der Waals surface area contributed by atoms with Gasteiger partial charge in [0.25, 0.3) is 11.4 Å². The predicted molar refractivity (Wildman–Crippen MR) is 91.4 cm³/mol. The van der Waals surface area contributed by atoms with E-state index in [9.17, 15) is 20.2 Å². The van der Waals surface area contributed by atoms with E-state index in [0.29, 0.717) is 12.2 Å². The second-order valence-corrected chi connectivity index (χ2v) is 5.92. The average molecular weight is 337 g/mol. The van der Waals surface area contributed by atoms with Crippen molar-refractivity contribution in [3.63, 3.8) is 0 Å². The van der Waals surface area contributed by atoms with Crippen molar-refractivity contribution in [2.24, 2.45) is 0 Å². The third-order valence-electron chi connectivity index (χ3n) is 4.45. The Morgan fingerprint density at radius 1 is 1.17 bits per heavy atom. The number of hydrogen-bond acceptors (Lipinski definition) is 7. The lowest BCUT2D eigenvalue weighted by Crippen LogP contribution is -2.51. The summed E-state index contributed by atoms with van der Waals surface area (Å²) in [4.78, 5) is 25.4. The number of hydrogen-bond donors (Lipinski definition) is 1. The smallest absolute Gasteiger partial charge is 0.299 e. The zero-order valence-corrected chi connectivity index (χ0v) is 14.0. The van der Waals surface area contributed by atoms with Gasteiger partial charge in [-0.1, -0.05) is 6.92 Å². The van der Waals surface area contributed by atoms with Crippen LogP contribution in [0.3, 0.4) is 0 Å². The van der Waals surface area contributed by atoms with Crippen LogP contribution in [-0.2, 0) is 0 Å². The van der Waals surface area contributed by atoms with E-state index in [1.54, 1.807) is 0 Å². The highest BCUT2D eigenvalue weighted by molar-refractivity contribution is 5.65. The zero-order valence-electron chi connectivity index (χ0n) is 14.0. The molecule has 1 saturated heterocycles. The Labute approximate surface area is 140 Å². The second kappa shape index (κ2) is 8.02. The van der Waals surface area contributed by atoms with Crippen molar-refractivity contribution in [2.45, 2.75) is 19.9 Å². The molecule has 0 spiro atoms. The standard InChI is InChI=1S/C15H23N5O4/c1-3-17-6-8-18(9-7-17)12(2)11-16-14-5-4-13(19(21)22)10-15(14)20(23)24/h4-5,10,12,16H,3,6-9,11H2,1-2H3. The van der Waals surface area contributed by atoms with E-state index >= 15 is 0 Å². The summed E-state index contributed by atoms with van der Waals surface area (Å²) in [6, 6.07) is 3.89. The van der Waals surface area contributed by atoms with Gasteiger partial charge in [-0.05, 0) is 19.5 Å². The Morgan fingerprint density at radius 3 is 2.38 bits per heavy atom. The highest BCUT2D eigenvalue weighted by Gasteiger charge is 2.22. The fourth-order valence-corrected chi connectivity index (χ4v) is 2.84. The van der Waals surface area contributed by atoms with Crippen LogP contribution in [0.2, 0.25) is 0 Å². The summed E-state index contributed by atoms with van der Waals surface area (Å²) in [5.74, 6) is 0. The van der Waals surface area contributed by atoms with Crippen LogP contribution in [0.25, 0.3) is 0 Å². The first kappa shape index (κ1) is 18.1. The van der Waals surface area contributed by atoms with E-state index < -0.39 is 9.85 Å². The zero-order chi connectivity index (χ0) is 17.7. The summed E-state index contributed by atoms with van der Waals surface area (Å²) in [5.41, 5.74) is -0.243. The van der Waals surface area contributed by atoms with Crippen molar-refractivity contribution in [3.05, 3.63) is 38.4 Å². The minimum absolute atomic E-state index is 0.221. The molecule has 132 valence electrons. The average Bonchev–Trinajstić information content (AvgIpc) is 2.59. The summed E-state index contributed by atoms with van der Waals surface area (Å²) in [7, 11) is 0. The molecular weight excluding hydrogens is 314 g/mol. The van der Waals surface area contributed by atoms with Crippen LogP contribution in [-0.4, -0.2) is 65.0 Å². The molecule has 9 heteroatoms. The molecule has 2 rings (SSSR count). The van der Waals surface area contributed by atoms with Crippen LogP contribution in [0.4, 0.5) is 17.1 Å². The molecule has 0 amide bonds. The number of non-ortho nitro benzene ring substituents is 1. The van der Waals surface area contributed by atoms with Gasteiger partial charge in [0.2, 0.25) is 0 Å². The van der Waals surface area contributed by atoms with Gasteiger partial charge in [0.1, 0.15) is 5.69 Å². The molecule has 1 aliphatic rings. The van der Waals surface area contributed by atoms with Gasteiger partial charge in [0.15, 0.2) is 0 Å². The van der Waals surface area contributed by atoms with Gasteiger partial charge in [-0.15, -0.1) is 0 Å². The van der Waals surface area contributed by atoms with Crippen molar-refractivity contribution in [3.8, 4) is 0 Å². The molecule has 1 aromatic carbocycles. The van der Waals surface area contributed by atoms with Crippen LogP contribution in [0, 0.1) is 20.2 Å². The van der Waals surface area contributed by atoms with E-state index in [-0.39, 0.29) is 17.4 Å². The number of nitrogens with one attached hydrogen (secondary N) is 1. The highest BCUT2D eigenvalue weighted by atomic mass is 16.6. The predicted octanol–water partition coefficient (Wildman–Crippen LogP) is 1.94. The first-order valence-electron chi connectivity index (χ1n) is 8.05. The van der Waals surface area contributed by atoms with Crippen molar-refractivity contribution in [1.82, 2.24) is 9.80 Å². The van der Waals surface area contributed by atoms with Crippen LogP contribution in [0.15, 0.2) is 18.2 Å². The van der Waals surface area contributed by atoms with Crippen LogP contribution < -0.4 is 5.32 Å². The first-order chi connectivity index (χ1) is 11.4. The topological polar surface area (TPSA) is 105 Å². The highest BCUT2D eigenvalue weighted by Crippen LogP contribution is 2.29. The van der Waals surface area contributed by atoms with Gasteiger partial charge in [-0.2, -0.15) is 0 Å². The lowest BCUT2D eigenvalue weighted by Gasteiger charge is -2.37. The van der Waals surface area contributed by atoms with E-state index in [2.05, 4.69) is 29.0 Å². The number of rotatable bonds is 7. The maximum atomic E-state index is 11.1. The lowest BCUT2D eigenvalue weighted by atomic mass is 10.2. The molecule has 9 nitrogen and oxygen atoms in total. The molecule has 1 aliphatic heterocycles. The van der Waals surface area contributed by atoms with E-state index in [1.165, 1.54) is 12.1 Å². The number of benzene rings is 1. The van der Waals surface area contributed by atoms with Crippen molar-refractivity contribution in [1.29, 1.82) is 0 Å². The lowest BCUT2D eigenvalue weighted by molar-refractivity contribution is -0.393. The van der Waals surface area contributed by atoms with E-state index in [1.807, 2.05) is 0 Å². The largest absolute Gasteiger partial charge is 0.378 e. The number of nitrogens with zero attached hydrogens (tertiary/aromatic N) is 4. The molecule has 0 saturated carbocycles. The molecule has 1 aromatic rings. The minimum atomic E-state index is -0.632. The maximum Gasteiger partial charge on any atom is 0.299 e. The summed E-state index contributed by atoms with van der Waals surface area (Å²) in [6.45, 7) is 9.82. The van der Waals surface area contributed by atoms with Crippen LogP contribution in [0.5, 0.6) is 0 Å². The number of nitro benzene ring substituents is 2. The Bertz CT molecular complexity index is 602. The van der Waals surface area contributed by atoms with E-state index in [0.717, 1.165) is 38.8 Å². The molecule has 1 heterocycles. The van der Waals surface area contributed by atoms with Crippen LogP contribution >= 0.6 is 0 Å². The van der Waals surface area contributed by atoms with E-state index in [4.69, 9.17) is 0 Å². The van der Waals surface area contributed by atoms with Gasteiger partial charge >= 0.3 is 0 Å². The normalized spacial score (nSPS) is 17.4. The Balaban J connectivity index is 1.98. The molecule has 1 unspecified atom stereocenters. The SMILES string of the molecule is CCN1CCN(C(C)CNc2ccc([N+](=O)[O-])cc2[N+](=O)[O-])CC1. The maximum absolute atomic E-state index is 11.1. The van der Waals surface area contributed by atoms with Gasteiger partial charge in [-0.3, -0.25) is 25.1 Å². The van der Waals surface area contributed by atoms with Crippen LogP contribution in [0.1, 0.15) is 13.8 Å². The summed E-state index contributed by atoms with van der Waals surface area (Å²) < 4.78 is 0. The van der Waals surface area contributed by atoms with Gasteiger partial charge in [0, 0.05) is 44.8 Å². The number of piperazine rings is 1. The molecule has 24 heavy (non-hydrogen) atoms. The quantitative estimate of drug-likeness (QED) is 0.599. The first-order valence-corrected chi connectivity index (χ1v) is 8.05. The fraction of sp³-hybridized carbons (Fsp3) is 0.600.